The van der Waals surface area contributed by atoms with Crippen molar-refractivity contribution in [1.82, 2.24) is 4.98 Å². The molecule has 1 aliphatic rings. The van der Waals surface area contributed by atoms with Crippen molar-refractivity contribution >= 4 is 11.5 Å². The summed E-state index contributed by atoms with van der Waals surface area (Å²) in [5.41, 5.74) is 6.70. The first-order chi connectivity index (χ1) is 7.46. The van der Waals surface area contributed by atoms with Crippen LogP contribution in [0.2, 0.25) is 0 Å². The van der Waals surface area contributed by atoms with Crippen molar-refractivity contribution in [2.75, 3.05) is 23.7 Å². The number of nitrogen functional groups attached to an aromatic ring is 1. The van der Waals surface area contributed by atoms with E-state index in [9.17, 15) is 0 Å². The molecule has 1 fully saturated rings. The van der Waals surface area contributed by atoms with E-state index in [-0.39, 0.29) is 11.7 Å². The molecule has 1 unspecified atom stereocenters. The van der Waals surface area contributed by atoms with Gasteiger partial charge in [0.15, 0.2) is 0 Å². The van der Waals surface area contributed by atoms with Crippen LogP contribution < -0.4 is 10.6 Å². The molecule has 0 saturated carbocycles. The maximum Gasteiger partial charge on any atom is 0.125 e. The Bertz CT molecular complexity index is 378. The minimum Gasteiger partial charge on any atom is -0.384 e. The van der Waals surface area contributed by atoms with Gasteiger partial charge in [0.1, 0.15) is 5.82 Å². The fourth-order valence-corrected chi connectivity index (χ4v) is 2.28. The van der Waals surface area contributed by atoms with Crippen molar-refractivity contribution in [3.8, 4) is 0 Å². The van der Waals surface area contributed by atoms with E-state index < -0.39 is 0 Å². The van der Waals surface area contributed by atoms with Crippen molar-refractivity contribution < 1.29 is 4.74 Å². The molecule has 16 heavy (non-hydrogen) atoms. The third kappa shape index (κ3) is 2.44. The Kier molecular flexibility index (Phi) is 2.76. The largest absolute Gasteiger partial charge is 0.384 e. The van der Waals surface area contributed by atoms with Crippen LogP contribution in [0.1, 0.15) is 20.8 Å². The quantitative estimate of drug-likeness (QED) is 0.783. The average Bonchev–Trinajstić information content (AvgIpc) is 2.14. The Hall–Kier alpha value is -1.29. The Morgan fingerprint density at radius 1 is 1.56 bits per heavy atom. The Morgan fingerprint density at radius 2 is 2.31 bits per heavy atom. The SMILES string of the molecule is CC1CN(c2ccnc(N)c2)CC(C)(C)O1. The van der Waals surface area contributed by atoms with E-state index in [2.05, 4.69) is 30.7 Å². The topological polar surface area (TPSA) is 51.4 Å². The summed E-state index contributed by atoms with van der Waals surface area (Å²) in [5.74, 6) is 0.564. The number of nitrogens with two attached hydrogens (primary N) is 1. The van der Waals surface area contributed by atoms with Gasteiger partial charge in [-0.05, 0) is 26.8 Å². The zero-order chi connectivity index (χ0) is 11.8. The highest BCUT2D eigenvalue weighted by Gasteiger charge is 2.31. The summed E-state index contributed by atoms with van der Waals surface area (Å²) in [7, 11) is 0. The molecule has 0 radical (unpaired) electrons. The lowest BCUT2D eigenvalue weighted by Crippen LogP contribution is -2.52. The third-order valence-corrected chi connectivity index (χ3v) is 2.70. The lowest BCUT2D eigenvalue weighted by atomic mass is 10.1. The molecule has 0 aliphatic carbocycles. The Morgan fingerprint density at radius 3 is 2.94 bits per heavy atom. The van der Waals surface area contributed by atoms with E-state index in [0.717, 1.165) is 18.8 Å². The molecule has 88 valence electrons. The van der Waals surface area contributed by atoms with Crippen LogP contribution in [0.5, 0.6) is 0 Å². The molecule has 4 nitrogen and oxygen atoms in total. The number of morpholine rings is 1. The van der Waals surface area contributed by atoms with Crippen molar-refractivity contribution in [2.45, 2.75) is 32.5 Å². The van der Waals surface area contributed by atoms with Crippen LogP contribution in [0.3, 0.4) is 0 Å². The number of anilines is 2. The van der Waals surface area contributed by atoms with Gasteiger partial charge in [0.05, 0.1) is 11.7 Å². The first-order valence-corrected chi connectivity index (χ1v) is 5.60. The minimum absolute atomic E-state index is 0.115. The maximum atomic E-state index is 5.87. The second-order valence-corrected chi connectivity index (χ2v) is 5.01. The first kappa shape index (κ1) is 11.2. The molecule has 0 bridgehead atoms. The number of aromatic nitrogens is 1. The van der Waals surface area contributed by atoms with Gasteiger partial charge in [0.25, 0.3) is 0 Å². The molecule has 4 heteroatoms. The van der Waals surface area contributed by atoms with Gasteiger partial charge in [-0.1, -0.05) is 0 Å². The molecule has 0 amide bonds. The van der Waals surface area contributed by atoms with E-state index in [4.69, 9.17) is 10.5 Å². The average molecular weight is 221 g/mol. The van der Waals surface area contributed by atoms with Gasteiger partial charge >= 0.3 is 0 Å². The molecular weight excluding hydrogens is 202 g/mol. The van der Waals surface area contributed by atoms with Gasteiger partial charge in [0, 0.05) is 31.0 Å². The zero-order valence-electron chi connectivity index (χ0n) is 10.1. The molecule has 2 heterocycles. The van der Waals surface area contributed by atoms with Gasteiger partial charge < -0.3 is 15.4 Å². The highest BCUT2D eigenvalue weighted by molar-refractivity contribution is 5.52. The predicted octanol–water partition coefficient (Wildman–Crippen LogP) is 1.67. The first-order valence-electron chi connectivity index (χ1n) is 5.60. The molecular formula is C12H19N3O. The number of pyridine rings is 1. The normalized spacial score (nSPS) is 24.4. The summed E-state index contributed by atoms with van der Waals surface area (Å²) in [6.45, 7) is 8.09. The molecule has 1 aliphatic heterocycles. The number of nitrogens with zero attached hydrogens (tertiary/aromatic N) is 2. The van der Waals surface area contributed by atoms with Crippen molar-refractivity contribution in [3.63, 3.8) is 0 Å². The summed E-state index contributed by atoms with van der Waals surface area (Å²) in [4.78, 5) is 6.31. The predicted molar refractivity (Wildman–Crippen MR) is 65.5 cm³/mol. The molecule has 1 saturated heterocycles. The van der Waals surface area contributed by atoms with Crippen LogP contribution in [-0.2, 0) is 4.74 Å². The summed E-state index contributed by atoms with van der Waals surface area (Å²) >= 11 is 0. The highest BCUT2D eigenvalue weighted by atomic mass is 16.5. The summed E-state index contributed by atoms with van der Waals surface area (Å²) in [6, 6.07) is 3.90. The molecule has 1 aromatic rings. The van der Waals surface area contributed by atoms with Crippen LogP contribution in [0, 0.1) is 0 Å². The second kappa shape index (κ2) is 3.94. The number of hydrogen-bond donors (Lipinski definition) is 1. The van der Waals surface area contributed by atoms with Crippen LogP contribution in [0.15, 0.2) is 18.3 Å². The van der Waals surface area contributed by atoms with Gasteiger partial charge in [0.2, 0.25) is 0 Å². The molecule has 0 spiro atoms. The standard InChI is InChI=1S/C12H19N3O/c1-9-7-15(8-12(2,3)16-9)10-4-5-14-11(13)6-10/h4-6,9H,7-8H2,1-3H3,(H2,13,14). The Labute approximate surface area is 96.4 Å². The summed E-state index contributed by atoms with van der Waals surface area (Å²) in [6.07, 6.45) is 1.98. The maximum absolute atomic E-state index is 5.87. The lowest BCUT2D eigenvalue weighted by Gasteiger charge is -2.42. The van der Waals surface area contributed by atoms with Gasteiger partial charge in [-0.2, -0.15) is 0 Å². The van der Waals surface area contributed by atoms with Crippen LogP contribution >= 0.6 is 0 Å². The van der Waals surface area contributed by atoms with Gasteiger partial charge in [-0.25, -0.2) is 4.98 Å². The number of ether oxygens (including phenoxy) is 1. The highest BCUT2D eigenvalue weighted by Crippen LogP contribution is 2.26. The van der Waals surface area contributed by atoms with Crippen molar-refractivity contribution in [3.05, 3.63) is 18.3 Å². The van der Waals surface area contributed by atoms with Gasteiger partial charge in [-0.3, -0.25) is 0 Å². The third-order valence-electron chi connectivity index (χ3n) is 2.70. The second-order valence-electron chi connectivity index (χ2n) is 5.01. The fraction of sp³-hybridized carbons (Fsp3) is 0.583. The number of hydrogen-bond acceptors (Lipinski definition) is 4. The summed E-state index contributed by atoms with van der Waals surface area (Å²) in [5, 5.41) is 0. The molecule has 2 rings (SSSR count). The minimum atomic E-state index is -0.115. The fourth-order valence-electron chi connectivity index (χ4n) is 2.28. The zero-order valence-corrected chi connectivity index (χ0v) is 10.1. The number of rotatable bonds is 1. The molecule has 0 aromatic carbocycles. The van der Waals surface area contributed by atoms with Crippen molar-refractivity contribution in [1.29, 1.82) is 0 Å². The summed E-state index contributed by atoms with van der Waals surface area (Å²) < 4.78 is 5.87. The molecule has 2 N–H and O–H groups in total. The Balaban J connectivity index is 2.21. The monoisotopic (exact) mass is 221 g/mol. The van der Waals surface area contributed by atoms with Crippen molar-refractivity contribution in [2.24, 2.45) is 0 Å². The molecule has 1 aromatic heterocycles. The van der Waals surface area contributed by atoms with Gasteiger partial charge in [-0.15, -0.1) is 0 Å². The van der Waals surface area contributed by atoms with Crippen LogP contribution in [0.25, 0.3) is 0 Å². The lowest BCUT2D eigenvalue weighted by molar-refractivity contribution is -0.0749. The van der Waals surface area contributed by atoms with E-state index in [1.165, 1.54) is 0 Å². The van der Waals surface area contributed by atoms with Crippen LogP contribution in [0.4, 0.5) is 11.5 Å². The van der Waals surface area contributed by atoms with Crippen LogP contribution in [-0.4, -0.2) is 29.8 Å². The van der Waals surface area contributed by atoms with E-state index in [0.29, 0.717) is 5.82 Å². The van der Waals surface area contributed by atoms with E-state index >= 15 is 0 Å². The van der Waals surface area contributed by atoms with E-state index in [1.54, 1.807) is 6.20 Å². The van der Waals surface area contributed by atoms with E-state index in [1.807, 2.05) is 12.1 Å². The smallest absolute Gasteiger partial charge is 0.125 e. The molecule has 1 atom stereocenters.